The van der Waals surface area contributed by atoms with E-state index in [0.717, 1.165) is 29.5 Å². The minimum absolute atomic E-state index is 0.306. The first-order valence-electron chi connectivity index (χ1n) is 12.6. The second-order valence-corrected chi connectivity index (χ2v) is 8.52. The molecule has 4 aromatic carbocycles. The molecular weight excluding hydrogens is 472 g/mol. The molecule has 0 radical (unpaired) electrons. The molecule has 0 aliphatic carbocycles. The van der Waals surface area contributed by atoms with Crippen LogP contribution in [0.1, 0.15) is 28.7 Å². The molecule has 4 aromatic rings. The van der Waals surface area contributed by atoms with Crippen LogP contribution in [0, 0.1) is 0 Å². The zero-order chi connectivity index (χ0) is 26.8. The Morgan fingerprint density at radius 2 is 1.11 bits per heavy atom. The van der Waals surface area contributed by atoms with Crippen molar-refractivity contribution in [3.8, 4) is 0 Å². The highest BCUT2D eigenvalue weighted by Gasteiger charge is 2.07. The Balaban J connectivity index is 0.000000211. The fourth-order valence-corrected chi connectivity index (χ4v) is 3.61. The maximum atomic E-state index is 11.5. The number of carbonyl (C=O) groups is 2. The van der Waals surface area contributed by atoms with Gasteiger partial charge in [0.1, 0.15) is 0 Å². The van der Waals surface area contributed by atoms with E-state index in [4.69, 9.17) is 4.74 Å². The summed E-state index contributed by atoms with van der Waals surface area (Å²) in [5.74, 6) is -1.15. The fraction of sp³-hybridized carbons (Fsp3) is 0.118. The van der Waals surface area contributed by atoms with Crippen molar-refractivity contribution in [2.24, 2.45) is 0 Å². The van der Waals surface area contributed by atoms with Gasteiger partial charge in [-0.3, -0.25) is 0 Å². The Morgan fingerprint density at radius 1 is 0.632 bits per heavy atom. The van der Waals surface area contributed by atoms with Crippen molar-refractivity contribution in [2.45, 2.75) is 19.3 Å². The predicted octanol–water partition coefficient (Wildman–Crippen LogP) is 7.27. The summed E-state index contributed by atoms with van der Waals surface area (Å²) in [6, 6.07) is 39.1. The van der Waals surface area contributed by atoms with Gasteiger partial charge in [-0.2, -0.15) is 0 Å². The largest absolute Gasteiger partial charge is 0.478 e. The van der Waals surface area contributed by atoms with Crippen LogP contribution < -0.4 is 0 Å². The second kappa shape index (κ2) is 16.1. The maximum absolute atomic E-state index is 11.5. The van der Waals surface area contributed by atoms with Crippen LogP contribution >= 0.6 is 0 Å². The van der Waals surface area contributed by atoms with Crippen LogP contribution in [-0.2, 0) is 27.2 Å². The van der Waals surface area contributed by atoms with Gasteiger partial charge >= 0.3 is 11.9 Å². The van der Waals surface area contributed by atoms with Gasteiger partial charge in [-0.25, -0.2) is 9.59 Å². The van der Waals surface area contributed by atoms with E-state index in [1.807, 2.05) is 121 Å². The molecule has 4 rings (SSSR count). The molecule has 0 heterocycles. The molecule has 192 valence electrons. The fourth-order valence-electron chi connectivity index (χ4n) is 3.61. The third-order valence-electron chi connectivity index (χ3n) is 5.63. The maximum Gasteiger partial charge on any atom is 0.331 e. The number of ether oxygens (including phenoxy) is 1. The summed E-state index contributed by atoms with van der Waals surface area (Å²) in [5, 5.41) is 9.24. The van der Waals surface area contributed by atoms with Crippen molar-refractivity contribution in [1.82, 2.24) is 0 Å². The highest BCUT2D eigenvalue weighted by Crippen LogP contribution is 2.14. The predicted molar refractivity (Wildman–Crippen MR) is 153 cm³/mol. The van der Waals surface area contributed by atoms with Gasteiger partial charge in [0.25, 0.3) is 0 Å². The summed E-state index contributed by atoms with van der Waals surface area (Å²) in [6.45, 7) is 0.405. The summed E-state index contributed by atoms with van der Waals surface area (Å²) in [6.07, 6.45) is 6.97. The van der Waals surface area contributed by atoms with Gasteiger partial charge in [0.15, 0.2) is 0 Å². The monoisotopic (exact) mass is 504 g/mol. The van der Waals surface area contributed by atoms with Gasteiger partial charge in [0.05, 0.1) is 6.61 Å². The van der Waals surface area contributed by atoms with Crippen LogP contribution in [0.4, 0.5) is 0 Å². The molecule has 0 saturated carbocycles. The number of carboxylic acids is 1. The molecule has 0 aliphatic rings. The number of hydrogen-bond acceptors (Lipinski definition) is 3. The first kappa shape index (κ1) is 27.9. The number of benzene rings is 4. The molecule has 0 aliphatic heterocycles. The molecule has 0 saturated heterocycles. The van der Waals surface area contributed by atoms with Gasteiger partial charge in [0, 0.05) is 18.1 Å². The van der Waals surface area contributed by atoms with E-state index in [9.17, 15) is 14.7 Å². The van der Waals surface area contributed by atoms with Gasteiger partial charge < -0.3 is 9.84 Å². The Kier molecular flexibility index (Phi) is 11.8. The molecular formula is C34H32O4. The number of esters is 1. The normalized spacial score (nSPS) is 10.9. The number of aryl methyl sites for hydroxylation is 1. The van der Waals surface area contributed by atoms with E-state index in [2.05, 4.69) is 0 Å². The Labute approximate surface area is 224 Å². The van der Waals surface area contributed by atoms with E-state index in [0.29, 0.717) is 18.6 Å². The summed E-state index contributed by atoms with van der Waals surface area (Å²) in [5.41, 5.74) is 4.68. The Hall–Kier alpha value is -4.70. The van der Waals surface area contributed by atoms with Crippen LogP contribution in [0.3, 0.4) is 0 Å². The quantitative estimate of drug-likeness (QED) is 0.182. The van der Waals surface area contributed by atoms with Crippen molar-refractivity contribution in [3.05, 3.63) is 155 Å². The zero-order valence-corrected chi connectivity index (χ0v) is 21.3. The van der Waals surface area contributed by atoms with Crippen LogP contribution in [0.5, 0.6) is 0 Å². The first-order chi connectivity index (χ1) is 18.6. The molecule has 0 fully saturated rings. The Bertz CT molecular complexity index is 1290. The molecule has 0 spiro atoms. The average Bonchev–Trinajstić information content (AvgIpc) is 2.96. The molecule has 0 atom stereocenters. The van der Waals surface area contributed by atoms with Crippen molar-refractivity contribution in [1.29, 1.82) is 0 Å². The van der Waals surface area contributed by atoms with Gasteiger partial charge in [-0.15, -0.1) is 0 Å². The smallest absolute Gasteiger partial charge is 0.331 e. The van der Waals surface area contributed by atoms with Crippen LogP contribution in [0.25, 0.3) is 12.2 Å². The first-order valence-corrected chi connectivity index (χ1v) is 12.6. The second-order valence-electron chi connectivity index (χ2n) is 8.52. The number of rotatable bonds is 10. The summed E-state index contributed by atoms with van der Waals surface area (Å²) >= 11 is 0. The lowest BCUT2D eigenvalue weighted by atomic mass is 10.0. The van der Waals surface area contributed by atoms with Gasteiger partial charge in [-0.1, -0.05) is 121 Å². The molecule has 4 nitrogen and oxygen atoms in total. The van der Waals surface area contributed by atoms with E-state index in [1.165, 1.54) is 11.6 Å². The molecule has 4 heteroatoms. The summed E-state index contributed by atoms with van der Waals surface area (Å²) in [7, 11) is 0. The lowest BCUT2D eigenvalue weighted by molar-refractivity contribution is -0.137. The highest BCUT2D eigenvalue weighted by atomic mass is 16.5. The van der Waals surface area contributed by atoms with E-state index < -0.39 is 5.97 Å². The highest BCUT2D eigenvalue weighted by molar-refractivity contribution is 5.92. The van der Waals surface area contributed by atoms with E-state index >= 15 is 0 Å². The molecule has 38 heavy (non-hydrogen) atoms. The Morgan fingerprint density at radius 3 is 1.63 bits per heavy atom. The molecule has 0 aromatic heterocycles. The number of carbonyl (C=O) groups excluding carboxylic acids is 1. The van der Waals surface area contributed by atoms with E-state index in [-0.39, 0.29) is 5.97 Å². The average molecular weight is 505 g/mol. The summed E-state index contributed by atoms with van der Waals surface area (Å²) in [4.78, 5) is 22.8. The number of hydrogen-bond donors (Lipinski definition) is 1. The van der Waals surface area contributed by atoms with E-state index in [1.54, 1.807) is 12.2 Å². The lowest BCUT2D eigenvalue weighted by Crippen LogP contribution is -2.04. The number of aliphatic carboxylic acids is 1. The topological polar surface area (TPSA) is 63.6 Å². The number of carboxylic acid groups (broad SMARTS) is 1. The van der Waals surface area contributed by atoms with Crippen molar-refractivity contribution in [2.75, 3.05) is 6.61 Å². The SMILES string of the molecule is O=C(C=Cc1ccccc1)OCCc1ccccc1.O=C(O)C(=Cc1ccccc1)CCc1ccccc1. The standard InChI is InChI=1S/2C17H16O2/c18-17(12-11-15-7-3-1-4-8-15)19-14-13-16-9-5-2-6-10-16;18-17(19)16(13-15-9-5-2-6-10-15)12-11-14-7-3-1-4-8-14/h1-12H,13-14H2;1-10,13H,11-12H2,(H,18,19). The molecule has 0 amide bonds. The minimum atomic E-state index is -0.847. The van der Waals surface area contributed by atoms with Crippen LogP contribution in [0.15, 0.2) is 133 Å². The lowest BCUT2D eigenvalue weighted by Gasteiger charge is -2.03. The molecule has 0 bridgehead atoms. The summed E-state index contributed by atoms with van der Waals surface area (Å²) < 4.78 is 5.14. The van der Waals surface area contributed by atoms with Crippen LogP contribution in [-0.4, -0.2) is 23.7 Å². The van der Waals surface area contributed by atoms with Crippen LogP contribution in [0.2, 0.25) is 0 Å². The van der Waals surface area contributed by atoms with Crippen molar-refractivity contribution in [3.63, 3.8) is 0 Å². The zero-order valence-electron chi connectivity index (χ0n) is 21.3. The minimum Gasteiger partial charge on any atom is -0.478 e. The van der Waals surface area contributed by atoms with Gasteiger partial charge in [0.2, 0.25) is 0 Å². The van der Waals surface area contributed by atoms with Crippen molar-refractivity contribution < 1.29 is 19.4 Å². The molecule has 1 N–H and O–H groups in total. The third-order valence-corrected chi connectivity index (χ3v) is 5.63. The molecule has 0 unspecified atom stereocenters. The van der Waals surface area contributed by atoms with Crippen molar-refractivity contribution >= 4 is 24.1 Å². The van der Waals surface area contributed by atoms with Gasteiger partial charge in [-0.05, 0) is 47.2 Å². The third kappa shape index (κ3) is 10.9.